The summed E-state index contributed by atoms with van der Waals surface area (Å²) < 4.78 is 48.4. The van der Waals surface area contributed by atoms with Crippen LogP contribution in [0, 0.1) is 6.92 Å². The molecule has 1 unspecified atom stereocenters. The third-order valence-corrected chi connectivity index (χ3v) is 6.92. The number of alkyl halides is 3. The Hall–Kier alpha value is -1.18. The molecule has 3 rings (SSSR count). The average molecular weight is 489 g/mol. The smallest absolute Gasteiger partial charge is 0.418 e. The minimum absolute atomic E-state index is 0.464. The fraction of sp³-hybridized carbons (Fsp3) is 0.455. The molecule has 0 radical (unpaired) electrons. The van der Waals surface area contributed by atoms with E-state index in [0.717, 1.165) is 33.8 Å². The van der Waals surface area contributed by atoms with Gasteiger partial charge in [-0.25, -0.2) is 0 Å². The van der Waals surface area contributed by atoms with Crippen LogP contribution in [0.4, 0.5) is 13.2 Å². The molecule has 2 aromatic carbocycles. The molecule has 1 aliphatic heterocycles. The SMILES string of the molecule is Cc1ccc(SCC(O)(CC(C)(C)c2cc(Br)cc3c2OCC3)C(F)(F)F)cc1. The molecule has 0 aliphatic carbocycles. The van der Waals surface area contributed by atoms with E-state index in [0.29, 0.717) is 22.8 Å². The standard InChI is InChI=1S/C22H24BrF3O2S/c1-14-4-6-17(7-5-14)29-13-21(27,22(24,25)26)12-20(2,3)18-11-16(23)10-15-8-9-28-19(15)18/h4-7,10-11,27H,8-9,12-13H2,1-3H3. The molecular formula is C22H24BrF3O2S. The van der Waals surface area contributed by atoms with E-state index in [4.69, 9.17) is 4.74 Å². The second-order valence-electron chi connectivity index (χ2n) is 8.23. The molecule has 1 atom stereocenters. The molecule has 0 aromatic heterocycles. The molecule has 1 heterocycles. The van der Waals surface area contributed by atoms with Crippen molar-refractivity contribution in [1.29, 1.82) is 0 Å². The molecule has 1 aliphatic rings. The van der Waals surface area contributed by atoms with Crippen LogP contribution in [0.1, 0.15) is 37.0 Å². The van der Waals surface area contributed by atoms with Crippen LogP contribution in [0.3, 0.4) is 0 Å². The van der Waals surface area contributed by atoms with Crippen molar-refractivity contribution in [3.8, 4) is 5.75 Å². The number of thioether (sulfide) groups is 1. The Morgan fingerprint density at radius 1 is 1.14 bits per heavy atom. The number of benzene rings is 2. The van der Waals surface area contributed by atoms with Crippen LogP contribution in [-0.2, 0) is 11.8 Å². The molecule has 0 bridgehead atoms. The van der Waals surface area contributed by atoms with Crippen LogP contribution in [0.25, 0.3) is 0 Å². The van der Waals surface area contributed by atoms with Crippen molar-refractivity contribution in [2.75, 3.05) is 12.4 Å². The summed E-state index contributed by atoms with van der Waals surface area (Å²) in [4.78, 5) is 0.697. The first-order valence-corrected chi connectivity index (χ1v) is 11.1. The first-order chi connectivity index (χ1) is 13.4. The number of hydrogen-bond acceptors (Lipinski definition) is 3. The fourth-order valence-corrected chi connectivity index (χ4v) is 5.17. The van der Waals surface area contributed by atoms with Crippen molar-refractivity contribution in [1.82, 2.24) is 0 Å². The minimum Gasteiger partial charge on any atom is -0.493 e. The highest BCUT2D eigenvalue weighted by Gasteiger charge is 2.56. The van der Waals surface area contributed by atoms with Gasteiger partial charge in [0.25, 0.3) is 0 Å². The highest BCUT2D eigenvalue weighted by molar-refractivity contribution is 9.10. The summed E-state index contributed by atoms with van der Waals surface area (Å²) in [5.41, 5.74) is -1.09. The Kier molecular flexibility index (Phi) is 6.33. The van der Waals surface area contributed by atoms with Gasteiger partial charge in [0.1, 0.15) is 5.75 Å². The normalized spacial score (nSPS) is 16.3. The molecule has 2 nitrogen and oxygen atoms in total. The van der Waals surface area contributed by atoms with E-state index in [1.807, 2.05) is 25.1 Å². The second-order valence-corrected chi connectivity index (χ2v) is 10.2. The number of halogens is 4. The van der Waals surface area contributed by atoms with Crippen LogP contribution >= 0.6 is 27.7 Å². The lowest BCUT2D eigenvalue weighted by Gasteiger charge is -2.38. The first-order valence-electron chi connectivity index (χ1n) is 9.36. The quantitative estimate of drug-likeness (QED) is 0.474. The van der Waals surface area contributed by atoms with Crippen LogP contribution in [0.15, 0.2) is 45.8 Å². The molecule has 2 aromatic rings. The first kappa shape index (κ1) is 22.5. The zero-order valence-corrected chi connectivity index (χ0v) is 19.0. The summed E-state index contributed by atoms with van der Waals surface area (Å²) in [6, 6.07) is 11.0. The molecule has 0 saturated carbocycles. The lowest BCUT2D eigenvalue weighted by atomic mass is 9.74. The number of aliphatic hydroxyl groups is 1. The van der Waals surface area contributed by atoms with Crippen molar-refractivity contribution < 1.29 is 23.0 Å². The zero-order valence-electron chi connectivity index (χ0n) is 16.6. The minimum atomic E-state index is -4.75. The molecule has 7 heteroatoms. The van der Waals surface area contributed by atoms with Gasteiger partial charge in [-0.3, -0.25) is 0 Å². The number of rotatable bonds is 6. The maximum absolute atomic E-state index is 14.0. The summed E-state index contributed by atoms with van der Waals surface area (Å²) in [5, 5.41) is 10.8. The van der Waals surface area contributed by atoms with Gasteiger partial charge >= 0.3 is 6.18 Å². The van der Waals surface area contributed by atoms with Gasteiger partial charge in [0.2, 0.25) is 0 Å². The van der Waals surface area contributed by atoms with E-state index in [1.54, 1.807) is 32.0 Å². The van der Waals surface area contributed by atoms with E-state index in [-0.39, 0.29) is 0 Å². The van der Waals surface area contributed by atoms with Gasteiger partial charge in [-0.15, -0.1) is 11.8 Å². The summed E-state index contributed by atoms with van der Waals surface area (Å²) in [7, 11) is 0. The number of hydrogen-bond donors (Lipinski definition) is 1. The molecule has 0 amide bonds. The van der Waals surface area contributed by atoms with E-state index < -0.39 is 29.4 Å². The van der Waals surface area contributed by atoms with Crippen molar-refractivity contribution in [2.24, 2.45) is 0 Å². The zero-order chi connectivity index (χ0) is 21.4. The van der Waals surface area contributed by atoms with Crippen molar-refractivity contribution >= 4 is 27.7 Å². The summed E-state index contributed by atoms with van der Waals surface area (Å²) in [5.74, 6) is 0.175. The Balaban J connectivity index is 1.89. The predicted octanol–water partition coefficient (Wildman–Crippen LogP) is 6.45. The topological polar surface area (TPSA) is 29.5 Å². The van der Waals surface area contributed by atoms with Gasteiger partial charge < -0.3 is 9.84 Å². The number of fused-ring (bicyclic) bond motifs is 1. The maximum Gasteiger partial charge on any atom is 0.418 e. The predicted molar refractivity (Wildman–Crippen MR) is 114 cm³/mol. The largest absolute Gasteiger partial charge is 0.493 e. The summed E-state index contributed by atoms with van der Waals surface area (Å²) >= 11 is 4.47. The molecule has 158 valence electrons. The molecule has 29 heavy (non-hydrogen) atoms. The summed E-state index contributed by atoms with van der Waals surface area (Å²) in [6.07, 6.45) is -4.49. The van der Waals surface area contributed by atoms with Gasteiger partial charge in [-0.1, -0.05) is 47.5 Å². The lowest BCUT2D eigenvalue weighted by molar-refractivity contribution is -0.256. The average Bonchev–Trinajstić information content (AvgIpc) is 3.07. The number of aryl methyl sites for hydroxylation is 1. The Morgan fingerprint density at radius 3 is 2.41 bits per heavy atom. The third kappa shape index (κ3) is 4.94. The van der Waals surface area contributed by atoms with Gasteiger partial charge in [0, 0.05) is 27.1 Å². The van der Waals surface area contributed by atoms with Gasteiger partial charge in [0.15, 0.2) is 5.60 Å². The fourth-order valence-electron chi connectivity index (χ4n) is 3.67. The van der Waals surface area contributed by atoms with Gasteiger partial charge in [0.05, 0.1) is 6.61 Å². The van der Waals surface area contributed by atoms with Crippen LogP contribution in [0.5, 0.6) is 5.75 Å². The van der Waals surface area contributed by atoms with Gasteiger partial charge in [-0.05, 0) is 48.6 Å². The van der Waals surface area contributed by atoms with Crippen LogP contribution < -0.4 is 4.74 Å². The molecule has 0 spiro atoms. The van der Waals surface area contributed by atoms with E-state index >= 15 is 0 Å². The van der Waals surface area contributed by atoms with Gasteiger partial charge in [-0.2, -0.15) is 13.2 Å². The van der Waals surface area contributed by atoms with E-state index in [1.165, 1.54) is 0 Å². The van der Waals surface area contributed by atoms with Crippen LogP contribution in [-0.4, -0.2) is 29.2 Å². The Morgan fingerprint density at radius 2 is 1.79 bits per heavy atom. The Bertz CT molecular complexity index is 881. The van der Waals surface area contributed by atoms with E-state index in [2.05, 4.69) is 15.9 Å². The summed E-state index contributed by atoms with van der Waals surface area (Å²) in [6.45, 7) is 5.89. The lowest BCUT2D eigenvalue weighted by Crippen LogP contribution is -2.51. The highest BCUT2D eigenvalue weighted by Crippen LogP contribution is 2.47. The number of ether oxygens (including phenoxy) is 1. The maximum atomic E-state index is 14.0. The molecule has 0 saturated heterocycles. The molecule has 1 N–H and O–H groups in total. The van der Waals surface area contributed by atoms with Crippen molar-refractivity contribution in [3.05, 3.63) is 57.6 Å². The third-order valence-electron chi connectivity index (χ3n) is 5.24. The highest BCUT2D eigenvalue weighted by atomic mass is 79.9. The van der Waals surface area contributed by atoms with Crippen LogP contribution in [0.2, 0.25) is 0 Å². The monoisotopic (exact) mass is 488 g/mol. The second kappa shape index (κ2) is 8.16. The van der Waals surface area contributed by atoms with Crippen molar-refractivity contribution in [3.63, 3.8) is 0 Å². The van der Waals surface area contributed by atoms with Crippen molar-refractivity contribution in [2.45, 2.75) is 55.7 Å². The molecule has 0 fully saturated rings. The molecular weight excluding hydrogens is 465 g/mol. The Labute approximate surface area is 182 Å². The van der Waals surface area contributed by atoms with E-state index in [9.17, 15) is 18.3 Å².